The van der Waals surface area contributed by atoms with Gasteiger partial charge in [0.25, 0.3) is 0 Å². The summed E-state index contributed by atoms with van der Waals surface area (Å²) in [6.45, 7) is 1.84. The lowest BCUT2D eigenvalue weighted by molar-refractivity contribution is -0.136. The number of furan rings is 1. The van der Waals surface area contributed by atoms with Crippen molar-refractivity contribution in [2.45, 2.75) is 19.0 Å². The lowest BCUT2D eigenvalue weighted by atomic mass is 9.98. The quantitative estimate of drug-likeness (QED) is 0.612. The Bertz CT molecular complexity index is 1040. The van der Waals surface area contributed by atoms with Crippen LogP contribution < -0.4 is 10.6 Å². The third-order valence-electron chi connectivity index (χ3n) is 5.26. The van der Waals surface area contributed by atoms with E-state index >= 15 is 0 Å². The predicted molar refractivity (Wildman–Crippen MR) is 115 cm³/mol. The summed E-state index contributed by atoms with van der Waals surface area (Å²) in [5.74, 6) is -0.727. The Morgan fingerprint density at radius 1 is 1.00 bits per heavy atom. The molecule has 1 aromatic heterocycles. The number of nitrogens with one attached hydrogen (secondary N) is 2. The number of carbonyl (C=O) groups excluding carboxylic acids is 2. The number of hydrogen-bond donors (Lipinski definition) is 2. The van der Waals surface area contributed by atoms with Gasteiger partial charge in [0.15, 0.2) is 0 Å². The molecule has 1 aliphatic heterocycles. The molecular formula is C23H22ClN3O3. The van der Waals surface area contributed by atoms with Gasteiger partial charge in [-0.1, -0.05) is 48.0 Å². The Balaban J connectivity index is 1.43. The summed E-state index contributed by atoms with van der Waals surface area (Å²) < 4.78 is 5.63. The van der Waals surface area contributed by atoms with Crippen LogP contribution in [0.5, 0.6) is 0 Å². The highest BCUT2D eigenvalue weighted by Gasteiger charge is 2.28. The molecule has 2 amide bonds. The van der Waals surface area contributed by atoms with Crippen molar-refractivity contribution in [3.8, 4) is 0 Å². The predicted octanol–water partition coefficient (Wildman–Crippen LogP) is 3.79. The van der Waals surface area contributed by atoms with Gasteiger partial charge in [0.05, 0.1) is 23.0 Å². The highest BCUT2D eigenvalue weighted by Crippen LogP contribution is 2.28. The molecule has 1 atom stereocenters. The number of hydrogen-bond acceptors (Lipinski definition) is 4. The SMILES string of the molecule is O=C(NC[C@H](c1ccco1)N1CCc2ccccc2C1)C(=O)Nc1ccccc1Cl. The molecule has 2 heterocycles. The highest BCUT2D eigenvalue weighted by atomic mass is 35.5. The van der Waals surface area contributed by atoms with Gasteiger partial charge in [-0.05, 0) is 41.8 Å². The van der Waals surface area contributed by atoms with Gasteiger partial charge in [-0.2, -0.15) is 0 Å². The second-order valence-electron chi connectivity index (χ2n) is 7.16. The van der Waals surface area contributed by atoms with Crippen LogP contribution in [0.3, 0.4) is 0 Å². The summed E-state index contributed by atoms with van der Waals surface area (Å²) in [4.78, 5) is 26.9. The summed E-state index contributed by atoms with van der Waals surface area (Å²) in [5, 5.41) is 5.65. The average Bonchev–Trinajstić information content (AvgIpc) is 3.30. The zero-order valence-electron chi connectivity index (χ0n) is 16.3. The molecule has 2 aromatic carbocycles. The number of anilines is 1. The molecule has 4 rings (SSSR count). The maximum atomic E-state index is 12.4. The van der Waals surface area contributed by atoms with Gasteiger partial charge in [0.1, 0.15) is 5.76 Å². The van der Waals surface area contributed by atoms with Crippen molar-refractivity contribution < 1.29 is 14.0 Å². The van der Waals surface area contributed by atoms with Crippen LogP contribution in [0.15, 0.2) is 71.3 Å². The Morgan fingerprint density at radius 2 is 1.77 bits per heavy atom. The Morgan fingerprint density at radius 3 is 2.53 bits per heavy atom. The number of amides is 2. The van der Waals surface area contributed by atoms with Crippen molar-refractivity contribution in [1.82, 2.24) is 10.2 Å². The number of carbonyl (C=O) groups is 2. The number of nitrogens with zero attached hydrogens (tertiary/aromatic N) is 1. The molecule has 0 saturated heterocycles. The van der Waals surface area contributed by atoms with Crippen LogP contribution in [-0.4, -0.2) is 29.8 Å². The summed E-state index contributed by atoms with van der Waals surface area (Å²) in [7, 11) is 0. The van der Waals surface area contributed by atoms with Crippen LogP contribution in [0.2, 0.25) is 5.02 Å². The van der Waals surface area contributed by atoms with E-state index in [1.807, 2.05) is 18.2 Å². The topological polar surface area (TPSA) is 74.6 Å². The minimum absolute atomic E-state index is 0.176. The summed E-state index contributed by atoms with van der Waals surface area (Å²) in [5.41, 5.74) is 3.01. The van der Waals surface area contributed by atoms with Crippen molar-refractivity contribution in [2.75, 3.05) is 18.4 Å². The van der Waals surface area contributed by atoms with Crippen molar-refractivity contribution in [2.24, 2.45) is 0 Å². The molecule has 30 heavy (non-hydrogen) atoms. The molecule has 2 N–H and O–H groups in total. The second-order valence-corrected chi connectivity index (χ2v) is 7.57. The monoisotopic (exact) mass is 423 g/mol. The van der Waals surface area contributed by atoms with E-state index < -0.39 is 11.8 Å². The highest BCUT2D eigenvalue weighted by molar-refractivity contribution is 6.41. The molecule has 0 saturated carbocycles. The molecule has 0 bridgehead atoms. The van der Waals surface area contributed by atoms with E-state index in [1.54, 1.807) is 30.5 Å². The van der Waals surface area contributed by atoms with Gasteiger partial charge < -0.3 is 15.1 Å². The zero-order chi connectivity index (χ0) is 20.9. The third-order valence-corrected chi connectivity index (χ3v) is 5.59. The molecular weight excluding hydrogens is 402 g/mol. The van der Waals surface area contributed by atoms with E-state index in [-0.39, 0.29) is 12.6 Å². The fourth-order valence-electron chi connectivity index (χ4n) is 3.69. The van der Waals surface area contributed by atoms with E-state index in [0.717, 1.165) is 25.3 Å². The molecule has 0 fully saturated rings. The van der Waals surface area contributed by atoms with Crippen LogP contribution in [0.25, 0.3) is 0 Å². The van der Waals surface area contributed by atoms with Crippen LogP contribution in [0, 0.1) is 0 Å². The maximum absolute atomic E-state index is 12.4. The molecule has 0 aliphatic carbocycles. The Labute approximate surface area is 179 Å². The van der Waals surface area contributed by atoms with Crippen molar-refractivity contribution in [1.29, 1.82) is 0 Å². The van der Waals surface area contributed by atoms with E-state index in [0.29, 0.717) is 10.7 Å². The van der Waals surface area contributed by atoms with Gasteiger partial charge in [-0.15, -0.1) is 0 Å². The lowest BCUT2D eigenvalue weighted by Gasteiger charge is -2.34. The molecule has 0 unspecified atom stereocenters. The number of halogens is 1. The number of fused-ring (bicyclic) bond motifs is 1. The molecule has 3 aromatic rings. The number of benzene rings is 2. The smallest absolute Gasteiger partial charge is 0.313 e. The molecule has 0 radical (unpaired) electrons. The van der Waals surface area contributed by atoms with Gasteiger partial charge in [-0.25, -0.2) is 0 Å². The van der Waals surface area contributed by atoms with Crippen LogP contribution in [0.1, 0.15) is 22.9 Å². The zero-order valence-corrected chi connectivity index (χ0v) is 17.1. The van der Waals surface area contributed by atoms with E-state index in [2.05, 4.69) is 33.7 Å². The fraction of sp³-hybridized carbons (Fsp3) is 0.217. The van der Waals surface area contributed by atoms with Gasteiger partial charge >= 0.3 is 11.8 Å². The largest absolute Gasteiger partial charge is 0.468 e. The van der Waals surface area contributed by atoms with Crippen LogP contribution in [0.4, 0.5) is 5.69 Å². The van der Waals surface area contributed by atoms with Crippen LogP contribution in [-0.2, 0) is 22.6 Å². The van der Waals surface area contributed by atoms with E-state index in [1.165, 1.54) is 11.1 Å². The molecule has 6 nitrogen and oxygen atoms in total. The second kappa shape index (κ2) is 9.15. The Kier molecular flexibility index (Phi) is 6.16. The first kappa shape index (κ1) is 20.2. The minimum Gasteiger partial charge on any atom is -0.468 e. The lowest BCUT2D eigenvalue weighted by Crippen LogP contribution is -2.43. The fourth-order valence-corrected chi connectivity index (χ4v) is 3.87. The third kappa shape index (κ3) is 4.56. The van der Waals surface area contributed by atoms with Crippen molar-refractivity contribution >= 4 is 29.1 Å². The van der Waals surface area contributed by atoms with Gasteiger partial charge in [0, 0.05) is 19.6 Å². The van der Waals surface area contributed by atoms with E-state index in [9.17, 15) is 9.59 Å². The summed E-state index contributed by atoms with van der Waals surface area (Å²) >= 11 is 6.05. The first-order valence-corrected chi connectivity index (χ1v) is 10.2. The number of rotatable bonds is 5. The minimum atomic E-state index is -0.759. The summed E-state index contributed by atoms with van der Waals surface area (Å²) in [6, 6.07) is 18.7. The van der Waals surface area contributed by atoms with Crippen molar-refractivity contribution in [3.63, 3.8) is 0 Å². The summed E-state index contributed by atoms with van der Waals surface area (Å²) in [6.07, 6.45) is 2.54. The van der Waals surface area contributed by atoms with E-state index in [4.69, 9.17) is 16.0 Å². The molecule has 154 valence electrons. The van der Waals surface area contributed by atoms with Crippen LogP contribution >= 0.6 is 11.6 Å². The van der Waals surface area contributed by atoms with Gasteiger partial charge in [0.2, 0.25) is 0 Å². The standard InChI is InChI=1S/C23H22ClN3O3/c24-18-8-3-4-9-19(18)26-23(29)22(28)25-14-20(21-10-5-13-30-21)27-12-11-16-6-1-2-7-17(16)15-27/h1-10,13,20H,11-12,14-15H2,(H,25,28)(H,26,29)/t20-/m1/s1. The molecule has 0 spiro atoms. The normalized spacial score (nSPS) is 14.6. The first-order valence-electron chi connectivity index (χ1n) is 9.80. The maximum Gasteiger partial charge on any atom is 0.313 e. The first-order chi connectivity index (χ1) is 14.6. The van der Waals surface area contributed by atoms with Crippen molar-refractivity contribution in [3.05, 3.63) is 88.8 Å². The van der Waals surface area contributed by atoms with Gasteiger partial charge in [-0.3, -0.25) is 14.5 Å². The average molecular weight is 424 g/mol. The Hall–Kier alpha value is -3.09. The number of para-hydroxylation sites is 1. The molecule has 1 aliphatic rings. The molecule has 7 heteroatoms.